The number of anilines is 1. The molecule has 4 aromatic rings. The Labute approximate surface area is 189 Å². The van der Waals surface area contributed by atoms with Gasteiger partial charge in [-0.2, -0.15) is 9.61 Å². The monoisotopic (exact) mass is 483 g/mol. The molecule has 0 radical (unpaired) electrons. The molecule has 5 nitrogen and oxygen atoms in total. The van der Waals surface area contributed by atoms with Gasteiger partial charge >= 0.3 is 0 Å². The van der Waals surface area contributed by atoms with Crippen LogP contribution in [0.1, 0.15) is 12.0 Å². The van der Waals surface area contributed by atoms with Crippen molar-refractivity contribution < 1.29 is 0 Å². The third kappa shape index (κ3) is 4.83. The zero-order chi connectivity index (χ0) is 20.9. The molecule has 4 rings (SSSR count). The molecule has 2 aromatic heterocycles. The van der Waals surface area contributed by atoms with Gasteiger partial charge in [0.15, 0.2) is 5.65 Å². The molecule has 0 aliphatic rings. The summed E-state index contributed by atoms with van der Waals surface area (Å²) in [5.74, 6) is 0.895. The highest BCUT2D eigenvalue weighted by Crippen LogP contribution is 2.30. The van der Waals surface area contributed by atoms with Crippen molar-refractivity contribution in [3.63, 3.8) is 0 Å². The number of nitrogens with one attached hydrogen (secondary N) is 1. The zero-order valence-corrected chi connectivity index (χ0v) is 19.1. The Morgan fingerprint density at radius 3 is 2.67 bits per heavy atom. The van der Waals surface area contributed by atoms with E-state index in [1.807, 2.05) is 40.9 Å². The first-order valence-corrected chi connectivity index (χ1v) is 11.0. The highest BCUT2D eigenvalue weighted by Gasteiger charge is 2.13. The second-order valence-corrected chi connectivity index (χ2v) is 8.50. The quantitative estimate of drug-likeness (QED) is 0.324. The minimum absolute atomic E-state index is 0.679. The molecule has 0 amide bonds. The van der Waals surface area contributed by atoms with Crippen molar-refractivity contribution in [1.82, 2.24) is 19.5 Å². The Morgan fingerprint density at radius 1 is 1.10 bits per heavy atom. The van der Waals surface area contributed by atoms with Crippen LogP contribution in [0.2, 0.25) is 5.02 Å². The lowest BCUT2D eigenvalue weighted by Gasteiger charge is -2.17. The van der Waals surface area contributed by atoms with E-state index < -0.39 is 0 Å². The first-order valence-electron chi connectivity index (χ1n) is 9.87. The van der Waals surface area contributed by atoms with Crippen molar-refractivity contribution in [2.24, 2.45) is 0 Å². The molecule has 30 heavy (non-hydrogen) atoms. The Bertz CT molecular complexity index is 1130. The highest BCUT2D eigenvalue weighted by atomic mass is 79.9. The molecule has 0 aliphatic heterocycles. The van der Waals surface area contributed by atoms with Gasteiger partial charge < -0.3 is 10.2 Å². The smallest absolute Gasteiger partial charge is 0.172 e. The fraction of sp³-hybridized carbons (Fsp3) is 0.217. The Morgan fingerprint density at radius 2 is 1.87 bits per heavy atom. The van der Waals surface area contributed by atoms with Gasteiger partial charge in [0.05, 0.1) is 16.4 Å². The third-order valence-electron chi connectivity index (χ3n) is 4.90. The number of fused-ring (bicyclic) bond motifs is 1. The van der Waals surface area contributed by atoms with Crippen molar-refractivity contribution in [1.29, 1.82) is 0 Å². The van der Waals surface area contributed by atoms with Crippen molar-refractivity contribution in [2.45, 2.75) is 13.0 Å². The number of rotatable bonds is 8. The third-order valence-corrected chi connectivity index (χ3v) is 5.79. The van der Waals surface area contributed by atoms with Gasteiger partial charge in [-0.05, 0) is 47.6 Å². The molecular weight excluding hydrogens is 462 g/mol. The summed E-state index contributed by atoms with van der Waals surface area (Å²) < 4.78 is 2.67. The van der Waals surface area contributed by atoms with Gasteiger partial charge in [0, 0.05) is 29.7 Å². The molecule has 1 N–H and O–H groups in total. The van der Waals surface area contributed by atoms with Gasteiger partial charge in [0.1, 0.15) is 5.82 Å². The van der Waals surface area contributed by atoms with E-state index in [0.29, 0.717) is 5.02 Å². The number of aromatic nitrogens is 3. The van der Waals surface area contributed by atoms with Gasteiger partial charge in [-0.15, -0.1) is 0 Å². The minimum Gasteiger partial charge on any atom is -0.370 e. The molecule has 0 atom stereocenters. The summed E-state index contributed by atoms with van der Waals surface area (Å²) in [6, 6.07) is 20.3. The lowest BCUT2D eigenvalue weighted by Crippen LogP contribution is -2.21. The number of hydrogen-bond donors (Lipinski definition) is 1. The molecule has 0 saturated heterocycles. The predicted molar refractivity (Wildman–Crippen MR) is 127 cm³/mol. The summed E-state index contributed by atoms with van der Waals surface area (Å²) in [6.45, 7) is 2.77. The van der Waals surface area contributed by atoms with Gasteiger partial charge in [-0.1, -0.05) is 60.1 Å². The van der Waals surface area contributed by atoms with E-state index >= 15 is 0 Å². The van der Waals surface area contributed by atoms with Crippen LogP contribution in [0.3, 0.4) is 0 Å². The SMILES string of the molecule is CN(CCCNc1cc(-c2ccccc2Cl)nc2c(Br)cnn12)Cc1ccccc1. The molecule has 154 valence electrons. The lowest BCUT2D eigenvalue weighted by atomic mass is 10.1. The maximum Gasteiger partial charge on any atom is 0.172 e. The molecule has 0 unspecified atom stereocenters. The molecule has 2 heterocycles. The van der Waals surface area contributed by atoms with Crippen LogP contribution in [0, 0.1) is 0 Å². The van der Waals surface area contributed by atoms with Gasteiger partial charge in [0.25, 0.3) is 0 Å². The van der Waals surface area contributed by atoms with Gasteiger partial charge in [0.2, 0.25) is 0 Å². The Hall–Kier alpha value is -2.41. The van der Waals surface area contributed by atoms with Crippen LogP contribution in [-0.2, 0) is 6.54 Å². The number of nitrogens with zero attached hydrogens (tertiary/aromatic N) is 4. The van der Waals surface area contributed by atoms with Crippen molar-refractivity contribution in [2.75, 3.05) is 25.5 Å². The van der Waals surface area contributed by atoms with Crippen LogP contribution < -0.4 is 5.32 Å². The first kappa shape index (κ1) is 20.8. The van der Waals surface area contributed by atoms with Crippen molar-refractivity contribution in [3.05, 3.63) is 81.9 Å². The molecule has 0 spiro atoms. The largest absolute Gasteiger partial charge is 0.370 e. The van der Waals surface area contributed by atoms with Crippen LogP contribution >= 0.6 is 27.5 Å². The maximum atomic E-state index is 6.40. The van der Waals surface area contributed by atoms with E-state index in [2.05, 4.69) is 62.6 Å². The second kappa shape index (κ2) is 9.60. The van der Waals surface area contributed by atoms with E-state index in [4.69, 9.17) is 16.6 Å². The molecule has 0 bridgehead atoms. The van der Waals surface area contributed by atoms with E-state index in [9.17, 15) is 0 Å². The molecule has 2 aromatic carbocycles. The molecule has 7 heteroatoms. The number of halogens is 2. The van der Waals surface area contributed by atoms with Crippen LogP contribution in [0.25, 0.3) is 16.9 Å². The summed E-state index contributed by atoms with van der Waals surface area (Å²) in [4.78, 5) is 7.08. The lowest BCUT2D eigenvalue weighted by molar-refractivity contribution is 0.325. The van der Waals surface area contributed by atoms with Crippen LogP contribution in [0.15, 0.2) is 71.3 Å². The number of benzene rings is 2. The van der Waals surface area contributed by atoms with E-state index in [0.717, 1.165) is 53.3 Å². The summed E-state index contributed by atoms with van der Waals surface area (Å²) >= 11 is 9.95. The van der Waals surface area contributed by atoms with E-state index in [1.165, 1.54) is 5.56 Å². The Kier molecular flexibility index (Phi) is 6.67. The normalized spacial score (nSPS) is 11.3. The maximum absolute atomic E-state index is 6.40. The summed E-state index contributed by atoms with van der Waals surface area (Å²) in [5.41, 5.74) is 3.81. The summed E-state index contributed by atoms with van der Waals surface area (Å²) in [5, 5.41) is 8.65. The fourth-order valence-corrected chi connectivity index (χ4v) is 3.99. The van der Waals surface area contributed by atoms with Crippen molar-refractivity contribution in [3.8, 4) is 11.3 Å². The van der Waals surface area contributed by atoms with Crippen LogP contribution in [-0.4, -0.2) is 39.6 Å². The van der Waals surface area contributed by atoms with Gasteiger partial charge in [-0.3, -0.25) is 0 Å². The average Bonchev–Trinajstić information content (AvgIpc) is 3.13. The molecular formula is C23H23BrClN5. The van der Waals surface area contributed by atoms with Crippen LogP contribution in [0.5, 0.6) is 0 Å². The predicted octanol–water partition coefficient (Wildman–Crippen LogP) is 5.75. The number of hydrogen-bond acceptors (Lipinski definition) is 4. The second-order valence-electron chi connectivity index (χ2n) is 7.24. The van der Waals surface area contributed by atoms with E-state index in [-0.39, 0.29) is 0 Å². The van der Waals surface area contributed by atoms with E-state index in [1.54, 1.807) is 6.20 Å². The zero-order valence-electron chi connectivity index (χ0n) is 16.7. The average molecular weight is 485 g/mol. The Balaban J connectivity index is 1.45. The summed E-state index contributed by atoms with van der Waals surface area (Å²) in [7, 11) is 2.15. The summed E-state index contributed by atoms with van der Waals surface area (Å²) in [6.07, 6.45) is 2.77. The molecule has 0 saturated carbocycles. The standard InChI is InChI=1S/C23H23BrClN5/c1-29(16-17-8-3-2-4-9-17)13-7-12-26-22-14-21(18-10-5-6-11-20(18)25)28-23-19(24)15-27-30(22)23/h2-6,8-11,14-15,26H,7,12-13,16H2,1H3. The fourth-order valence-electron chi connectivity index (χ4n) is 3.41. The van der Waals surface area contributed by atoms with Crippen molar-refractivity contribution >= 4 is 39.0 Å². The molecule has 0 fully saturated rings. The van der Waals surface area contributed by atoms with Gasteiger partial charge in [-0.25, -0.2) is 4.98 Å². The minimum atomic E-state index is 0.679. The topological polar surface area (TPSA) is 45.5 Å². The highest BCUT2D eigenvalue weighted by molar-refractivity contribution is 9.10. The first-order chi connectivity index (χ1) is 14.6. The van der Waals surface area contributed by atoms with Crippen LogP contribution in [0.4, 0.5) is 5.82 Å². The molecule has 0 aliphatic carbocycles.